The summed E-state index contributed by atoms with van der Waals surface area (Å²) < 4.78 is 35.1. The van der Waals surface area contributed by atoms with Gasteiger partial charge in [-0.1, -0.05) is 95.4 Å². The van der Waals surface area contributed by atoms with E-state index in [0.29, 0.717) is 26.1 Å². The lowest BCUT2D eigenvalue weighted by molar-refractivity contribution is -0.144. The van der Waals surface area contributed by atoms with Crippen molar-refractivity contribution in [3.05, 3.63) is 118 Å². The molecule has 8 nitrogen and oxygen atoms in total. The molecule has 0 bridgehead atoms. The van der Waals surface area contributed by atoms with Crippen LogP contribution in [0.4, 0.5) is 0 Å². The Balaban J connectivity index is 0.000000239. The molecule has 3 aromatic rings. The smallest absolute Gasteiger partial charge is 0.306 e. The van der Waals surface area contributed by atoms with Gasteiger partial charge in [-0.3, -0.25) is 9.59 Å². The Morgan fingerprint density at radius 1 is 0.692 bits per heavy atom. The predicted octanol–water partition coefficient (Wildman–Crippen LogP) is 10.0. The quantitative estimate of drug-likeness (QED) is 0.0802. The van der Waals surface area contributed by atoms with Crippen molar-refractivity contribution in [2.24, 2.45) is 0 Å². The number of hydrogen-bond acceptors (Lipinski definition) is 8. The van der Waals surface area contributed by atoms with Crippen LogP contribution in [0.25, 0.3) is 0 Å². The number of halogens is 1. The van der Waals surface area contributed by atoms with Gasteiger partial charge < -0.3 is 28.4 Å². The zero-order valence-electron chi connectivity index (χ0n) is 30.5. The zero-order valence-corrected chi connectivity index (χ0v) is 32.6. The number of carbonyl (C=O) groups is 2. The minimum atomic E-state index is -0.183. The maximum atomic E-state index is 12.1. The largest absolute Gasteiger partial charge is 0.466 e. The first-order valence-electron chi connectivity index (χ1n) is 18.5. The van der Waals surface area contributed by atoms with E-state index in [2.05, 4.69) is 46.9 Å². The molecule has 0 aliphatic carbocycles. The highest BCUT2D eigenvalue weighted by molar-refractivity contribution is 14.1. The molecule has 0 spiro atoms. The van der Waals surface area contributed by atoms with Crippen LogP contribution in [0.3, 0.4) is 0 Å². The van der Waals surface area contributed by atoms with Gasteiger partial charge in [-0.25, -0.2) is 0 Å². The number of rotatable bonds is 16. The van der Waals surface area contributed by atoms with Crippen molar-refractivity contribution < 1.29 is 38.0 Å². The molecule has 2 fully saturated rings. The molecule has 0 radical (unpaired) electrons. The summed E-state index contributed by atoms with van der Waals surface area (Å²) in [6, 6.07) is 26.1. The lowest BCUT2D eigenvalue weighted by Gasteiger charge is -2.23. The molecular weight excluding hydrogens is 771 g/mol. The number of esters is 2. The summed E-state index contributed by atoms with van der Waals surface area (Å²) in [5.74, 6) is 1.22. The van der Waals surface area contributed by atoms with Crippen molar-refractivity contribution in [2.75, 3.05) is 26.4 Å². The Morgan fingerprint density at radius 2 is 1.17 bits per heavy atom. The fourth-order valence-corrected chi connectivity index (χ4v) is 6.46. The lowest BCUT2D eigenvalue weighted by atomic mass is 9.94. The Kier molecular flexibility index (Phi) is 18.8. The first-order valence-corrected chi connectivity index (χ1v) is 19.8. The summed E-state index contributed by atoms with van der Waals surface area (Å²) >= 11 is 2.17. The minimum absolute atomic E-state index is 0.0194. The number of allylic oxidation sites excluding steroid dienone is 3. The van der Waals surface area contributed by atoms with Crippen molar-refractivity contribution >= 4 is 34.5 Å². The highest BCUT2D eigenvalue weighted by Crippen LogP contribution is 2.28. The predicted molar refractivity (Wildman–Crippen MR) is 212 cm³/mol. The molecule has 2 aliphatic rings. The maximum Gasteiger partial charge on any atom is 0.306 e. The third-order valence-electron chi connectivity index (χ3n) is 8.68. The number of ether oxygens (including phenoxy) is 6. The van der Waals surface area contributed by atoms with Crippen molar-refractivity contribution in [3.63, 3.8) is 0 Å². The molecule has 0 N–H and O–H groups in total. The monoisotopic (exact) mass is 824 g/mol. The molecular formula is C43H53IO8. The molecule has 0 saturated carbocycles. The van der Waals surface area contributed by atoms with Crippen LogP contribution in [-0.4, -0.2) is 50.9 Å². The van der Waals surface area contributed by atoms with E-state index in [9.17, 15) is 9.59 Å². The van der Waals surface area contributed by atoms with Gasteiger partial charge in [0, 0.05) is 24.7 Å². The Hall–Kier alpha value is -3.67. The Labute approximate surface area is 323 Å². The van der Waals surface area contributed by atoms with Gasteiger partial charge in [0.15, 0.2) is 12.6 Å². The standard InChI is InChI=1S/C25H30O4.C18H23IO4/c1-2-27-24(26)19-22(12-8-11-20-9-4-3-5-10-20)21-14-16-23(17-15-21)29-25-13-6-7-18-28-25;1-2-21-17(20)13-15(10-11-19)14-6-8-16(9-7-14)23-18-5-3-4-12-22-18/h3-5,8-10,12,14-17,22,25H,2,6-7,11,13,18-19H2,1H3;6-11,15,18H,2-5,12-13H2,1H3/b12-8+;11-10+/t22-,25?;15-,18?/m11/s1. The van der Waals surface area contributed by atoms with E-state index >= 15 is 0 Å². The highest BCUT2D eigenvalue weighted by Gasteiger charge is 2.19. The van der Waals surface area contributed by atoms with Crippen LogP contribution in [-0.2, 0) is 35.0 Å². The summed E-state index contributed by atoms with van der Waals surface area (Å²) in [6.45, 7) is 5.99. The molecule has 0 aromatic heterocycles. The molecule has 9 heteroatoms. The molecule has 280 valence electrons. The van der Waals surface area contributed by atoms with E-state index in [1.165, 1.54) is 5.56 Å². The second-order valence-corrected chi connectivity index (χ2v) is 13.4. The van der Waals surface area contributed by atoms with E-state index in [1.807, 2.05) is 90.7 Å². The summed E-state index contributed by atoms with van der Waals surface area (Å²) in [4.78, 5) is 23.8. The van der Waals surface area contributed by atoms with Gasteiger partial charge in [0.25, 0.3) is 0 Å². The minimum Gasteiger partial charge on any atom is -0.466 e. The number of benzene rings is 3. The van der Waals surface area contributed by atoms with Crippen LogP contribution in [0.15, 0.2) is 101 Å². The maximum absolute atomic E-state index is 12.1. The van der Waals surface area contributed by atoms with Crippen molar-refractivity contribution in [1.29, 1.82) is 0 Å². The first-order chi connectivity index (χ1) is 25.5. The van der Waals surface area contributed by atoms with Gasteiger partial charge in [-0.2, -0.15) is 0 Å². The van der Waals surface area contributed by atoms with Crippen LogP contribution in [0.1, 0.15) is 93.7 Å². The van der Waals surface area contributed by atoms with Gasteiger partial charge >= 0.3 is 11.9 Å². The third-order valence-corrected chi connectivity index (χ3v) is 9.10. The zero-order chi connectivity index (χ0) is 36.8. The second-order valence-electron chi connectivity index (χ2n) is 12.6. The van der Waals surface area contributed by atoms with Crippen LogP contribution < -0.4 is 9.47 Å². The third kappa shape index (κ3) is 15.1. The van der Waals surface area contributed by atoms with E-state index in [-0.39, 0.29) is 36.4 Å². The number of hydrogen-bond donors (Lipinski definition) is 0. The summed E-state index contributed by atoms with van der Waals surface area (Å²) in [5, 5.41) is 0. The average molecular weight is 825 g/mol. The van der Waals surface area contributed by atoms with Gasteiger partial charge in [-0.05, 0) is 91.0 Å². The molecule has 5 rings (SSSR count). The second kappa shape index (κ2) is 23.8. The SMILES string of the molecule is CCOC(=O)C[C@@H](/C=C/Cc1ccccc1)c1ccc(OC2CCCCO2)cc1.CCOC(=O)C[C@@H](/C=C/I)c1ccc(OC2CCCCO2)cc1. The summed E-state index contributed by atoms with van der Waals surface area (Å²) in [7, 11) is 0. The Bertz CT molecular complexity index is 1490. The highest BCUT2D eigenvalue weighted by atomic mass is 127. The molecule has 2 unspecified atom stereocenters. The van der Waals surface area contributed by atoms with Gasteiger partial charge in [0.2, 0.25) is 0 Å². The van der Waals surface area contributed by atoms with E-state index in [1.54, 1.807) is 0 Å². The normalized spacial score (nSPS) is 18.5. The molecule has 52 heavy (non-hydrogen) atoms. The van der Waals surface area contributed by atoms with Gasteiger partial charge in [0.1, 0.15) is 11.5 Å². The lowest BCUT2D eigenvalue weighted by Crippen LogP contribution is -2.24. The van der Waals surface area contributed by atoms with Crippen molar-refractivity contribution in [2.45, 2.75) is 96.1 Å². The fraction of sp³-hybridized carbons (Fsp3) is 0.442. The topological polar surface area (TPSA) is 89.5 Å². The van der Waals surface area contributed by atoms with Crippen LogP contribution in [0, 0.1) is 0 Å². The first kappa shape index (κ1) is 41.1. The molecule has 2 heterocycles. The molecule has 2 aliphatic heterocycles. The van der Waals surface area contributed by atoms with Crippen molar-refractivity contribution in [1.82, 2.24) is 0 Å². The van der Waals surface area contributed by atoms with Gasteiger partial charge in [0.05, 0.1) is 39.3 Å². The van der Waals surface area contributed by atoms with E-state index < -0.39 is 0 Å². The fourth-order valence-electron chi connectivity index (χ4n) is 5.96. The average Bonchev–Trinajstić information content (AvgIpc) is 3.17. The van der Waals surface area contributed by atoms with Crippen molar-refractivity contribution in [3.8, 4) is 11.5 Å². The van der Waals surface area contributed by atoms with E-state index in [0.717, 1.165) is 80.8 Å². The molecule has 4 atom stereocenters. The van der Waals surface area contributed by atoms with E-state index in [4.69, 9.17) is 28.4 Å². The number of carbonyl (C=O) groups excluding carboxylic acids is 2. The molecule has 3 aromatic carbocycles. The summed E-state index contributed by atoms with van der Waals surface area (Å²) in [6.07, 6.45) is 13.8. The van der Waals surface area contributed by atoms with Crippen LogP contribution in [0.2, 0.25) is 0 Å². The molecule has 2 saturated heterocycles. The van der Waals surface area contributed by atoms with Crippen LogP contribution in [0.5, 0.6) is 11.5 Å². The van der Waals surface area contributed by atoms with Crippen LogP contribution >= 0.6 is 22.6 Å². The summed E-state index contributed by atoms with van der Waals surface area (Å²) in [5.41, 5.74) is 3.39. The Morgan fingerprint density at radius 3 is 1.60 bits per heavy atom. The molecule has 0 amide bonds. The van der Waals surface area contributed by atoms with Gasteiger partial charge in [-0.15, -0.1) is 0 Å².